The van der Waals surface area contributed by atoms with Crippen molar-refractivity contribution >= 4 is 19.2 Å². The van der Waals surface area contributed by atoms with E-state index in [2.05, 4.69) is 125 Å². The van der Waals surface area contributed by atoms with Crippen LogP contribution < -0.4 is 4.43 Å². The second-order valence-electron chi connectivity index (χ2n) is 11.3. The Balaban J connectivity index is 1.72. The topological polar surface area (TPSA) is 57.8 Å². The summed E-state index contributed by atoms with van der Waals surface area (Å²) in [4.78, 5) is 0. The summed E-state index contributed by atoms with van der Waals surface area (Å²) in [5.41, 5.74) is 7.64. The molecule has 2 aromatic carbocycles. The van der Waals surface area contributed by atoms with Crippen LogP contribution in [0.25, 0.3) is 16.6 Å². The van der Waals surface area contributed by atoms with Crippen molar-refractivity contribution in [3.63, 3.8) is 0 Å². The molecule has 0 aliphatic heterocycles. The minimum atomic E-state index is -2.03. The number of tetrazole rings is 1. The van der Waals surface area contributed by atoms with Crippen molar-refractivity contribution in [3.8, 4) is 11.4 Å². The lowest BCUT2D eigenvalue weighted by Crippen LogP contribution is -2.50. The van der Waals surface area contributed by atoms with Crippen LogP contribution >= 0.6 is 0 Å². The fourth-order valence-electron chi connectivity index (χ4n) is 6.08. The highest BCUT2D eigenvalue weighted by atomic mass is 28.4. The lowest BCUT2D eigenvalue weighted by molar-refractivity contribution is 0.472. The van der Waals surface area contributed by atoms with Crippen LogP contribution in [0.3, 0.4) is 0 Å². The molecule has 7 heteroatoms. The van der Waals surface area contributed by atoms with Gasteiger partial charge in [-0.1, -0.05) is 73.6 Å². The molecule has 0 aliphatic rings. The molecule has 4 aromatic rings. The third-order valence-corrected chi connectivity index (χ3v) is 13.7. The van der Waals surface area contributed by atoms with Crippen molar-refractivity contribution in [3.05, 3.63) is 65.6 Å². The minimum Gasteiger partial charge on any atom is -0.542 e. The molecule has 0 saturated carbocycles. The number of hydrogen-bond donors (Lipinski definition) is 0. The highest BCUT2D eigenvalue weighted by Gasteiger charge is 2.47. The van der Waals surface area contributed by atoms with Crippen LogP contribution in [-0.4, -0.2) is 33.1 Å². The molecule has 2 heterocycles. The number of aryl methyl sites for hydroxylation is 1. The van der Waals surface area contributed by atoms with E-state index in [-0.39, 0.29) is 0 Å². The minimum absolute atomic E-state index is 0.382. The molecule has 0 amide bonds. The van der Waals surface area contributed by atoms with Crippen LogP contribution in [0.15, 0.2) is 48.9 Å². The van der Waals surface area contributed by atoms with Gasteiger partial charge in [0.05, 0.1) is 11.2 Å². The molecule has 0 aliphatic carbocycles. The molecule has 4 rings (SSSR count). The van der Waals surface area contributed by atoms with Gasteiger partial charge in [-0.2, -0.15) is 4.68 Å². The van der Waals surface area contributed by atoms with Gasteiger partial charge in [0.1, 0.15) is 12.1 Å². The average molecular weight is 504 g/mol. The van der Waals surface area contributed by atoms with Gasteiger partial charge in [0.15, 0.2) is 0 Å². The summed E-state index contributed by atoms with van der Waals surface area (Å²) in [5.74, 6) is 1.46. The SMILES string of the molecule is Cc1ccc(-n2cnnn2)c2ccn(Cc3ccc(O[Si](C(C)C)(C(C)C)C(C)C)c(C(C)C)c3)c12. The Labute approximate surface area is 216 Å². The maximum Gasteiger partial charge on any atom is 0.258 e. The summed E-state index contributed by atoms with van der Waals surface area (Å²) in [6, 6.07) is 13.2. The molecule has 0 spiro atoms. The van der Waals surface area contributed by atoms with Crippen molar-refractivity contribution in [1.82, 2.24) is 24.8 Å². The summed E-state index contributed by atoms with van der Waals surface area (Å²) in [7, 11) is -2.03. The smallest absolute Gasteiger partial charge is 0.258 e. The fourth-order valence-corrected chi connectivity index (χ4v) is 11.3. The second-order valence-corrected chi connectivity index (χ2v) is 16.7. The van der Waals surface area contributed by atoms with E-state index in [9.17, 15) is 0 Å². The van der Waals surface area contributed by atoms with Gasteiger partial charge < -0.3 is 8.99 Å². The van der Waals surface area contributed by atoms with Crippen LogP contribution in [0.2, 0.25) is 16.6 Å². The molecule has 0 atom stereocenters. The lowest BCUT2D eigenvalue weighted by Gasteiger charge is -2.43. The Morgan fingerprint density at radius 2 is 1.58 bits per heavy atom. The Morgan fingerprint density at radius 1 is 0.889 bits per heavy atom. The zero-order valence-corrected chi connectivity index (χ0v) is 24.3. The predicted octanol–water partition coefficient (Wildman–Crippen LogP) is 7.65. The van der Waals surface area contributed by atoms with Gasteiger partial charge in [-0.3, -0.25) is 0 Å². The molecular weight excluding hydrogens is 462 g/mol. The summed E-state index contributed by atoms with van der Waals surface area (Å²) < 4.78 is 11.2. The summed E-state index contributed by atoms with van der Waals surface area (Å²) in [6.45, 7) is 21.6. The second kappa shape index (κ2) is 10.2. The highest BCUT2D eigenvalue weighted by Crippen LogP contribution is 2.44. The number of aromatic nitrogens is 5. The van der Waals surface area contributed by atoms with E-state index in [4.69, 9.17) is 4.43 Å². The van der Waals surface area contributed by atoms with Gasteiger partial charge in [0.2, 0.25) is 0 Å². The number of fused-ring (bicyclic) bond motifs is 1. The Hall–Kier alpha value is -2.93. The molecule has 0 unspecified atom stereocenters. The molecule has 0 N–H and O–H groups in total. The van der Waals surface area contributed by atoms with Crippen molar-refractivity contribution in [2.24, 2.45) is 0 Å². The van der Waals surface area contributed by atoms with Crippen LogP contribution in [-0.2, 0) is 6.54 Å². The zero-order chi connectivity index (χ0) is 26.2. The van der Waals surface area contributed by atoms with Crippen LogP contribution in [0, 0.1) is 6.92 Å². The van der Waals surface area contributed by atoms with E-state index in [0.717, 1.165) is 23.4 Å². The Kier molecular flexibility index (Phi) is 7.41. The quantitative estimate of drug-likeness (QED) is 0.220. The van der Waals surface area contributed by atoms with E-state index in [0.29, 0.717) is 22.5 Å². The normalized spacial score (nSPS) is 12.6. The molecule has 192 valence electrons. The first-order valence-corrected chi connectivity index (χ1v) is 15.3. The summed E-state index contributed by atoms with van der Waals surface area (Å²) in [6.07, 6.45) is 3.81. The van der Waals surface area contributed by atoms with Gasteiger partial charge in [0.25, 0.3) is 8.32 Å². The zero-order valence-electron chi connectivity index (χ0n) is 23.3. The van der Waals surface area contributed by atoms with Crippen molar-refractivity contribution in [2.45, 2.75) is 91.4 Å². The maximum atomic E-state index is 7.13. The van der Waals surface area contributed by atoms with Crippen molar-refractivity contribution in [2.75, 3.05) is 0 Å². The van der Waals surface area contributed by atoms with Gasteiger partial charge in [-0.25, -0.2) is 0 Å². The summed E-state index contributed by atoms with van der Waals surface area (Å²) in [5, 5.41) is 12.9. The van der Waals surface area contributed by atoms with Crippen LogP contribution in [0.1, 0.15) is 78.0 Å². The molecule has 6 nitrogen and oxygen atoms in total. The lowest BCUT2D eigenvalue weighted by atomic mass is 9.99. The monoisotopic (exact) mass is 503 g/mol. The molecule has 0 fully saturated rings. The van der Waals surface area contributed by atoms with Crippen molar-refractivity contribution < 1.29 is 4.43 Å². The molecule has 0 saturated heterocycles. The number of nitrogens with zero attached hydrogens (tertiary/aromatic N) is 5. The van der Waals surface area contributed by atoms with E-state index in [1.165, 1.54) is 22.2 Å². The first-order chi connectivity index (χ1) is 17.1. The number of benzene rings is 2. The molecule has 0 radical (unpaired) electrons. The van der Waals surface area contributed by atoms with E-state index >= 15 is 0 Å². The Morgan fingerprint density at radius 3 is 2.17 bits per heavy atom. The van der Waals surface area contributed by atoms with E-state index in [1.54, 1.807) is 11.0 Å². The van der Waals surface area contributed by atoms with Gasteiger partial charge in [-0.15, -0.1) is 5.10 Å². The maximum absolute atomic E-state index is 7.13. The Bertz CT molecular complexity index is 1300. The predicted molar refractivity (Wildman–Crippen MR) is 151 cm³/mol. The number of rotatable bonds is 9. The largest absolute Gasteiger partial charge is 0.542 e. The average Bonchev–Trinajstić information content (AvgIpc) is 3.49. The summed E-state index contributed by atoms with van der Waals surface area (Å²) >= 11 is 0. The number of hydrogen-bond acceptors (Lipinski definition) is 4. The van der Waals surface area contributed by atoms with Gasteiger partial charge >= 0.3 is 0 Å². The third kappa shape index (κ3) is 4.61. The van der Waals surface area contributed by atoms with Crippen molar-refractivity contribution in [1.29, 1.82) is 0 Å². The fraction of sp³-hybridized carbons (Fsp3) is 0.483. The third-order valence-electron chi connectivity index (χ3n) is 7.74. The van der Waals surface area contributed by atoms with Gasteiger partial charge in [0, 0.05) is 18.1 Å². The standard InChI is InChI=1S/C29H41N5OSi/c1-19(2)26-16-24(11-13-28(26)35-36(20(3)4,21(5)6)22(7)8)17-33-15-14-25-27(34-18-30-31-32-34)12-10-23(9)29(25)33/h10-16,18-22H,17H2,1-9H3. The van der Waals surface area contributed by atoms with Crippen LogP contribution in [0.4, 0.5) is 0 Å². The molecule has 2 aromatic heterocycles. The van der Waals surface area contributed by atoms with Gasteiger partial charge in [-0.05, 0) is 74.8 Å². The first-order valence-electron chi connectivity index (χ1n) is 13.2. The van der Waals surface area contributed by atoms with E-state index < -0.39 is 8.32 Å². The van der Waals surface area contributed by atoms with E-state index in [1.807, 2.05) is 0 Å². The highest BCUT2D eigenvalue weighted by molar-refractivity contribution is 6.78. The molecule has 0 bridgehead atoms. The first kappa shape index (κ1) is 26.1. The molecular formula is C29H41N5OSi. The molecule has 36 heavy (non-hydrogen) atoms. The van der Waals surface area contributed by atoms with Crippen LogP contribution in [0.5, 0.6) is 5.75 Å².